The Kier molecular flexibility index (Phi) is 14.2. The van der Waals surface area contributed by atoms with Gasteiger partial charge in [-0.05, 0) is 57.1 Å². The lowest BCUT2D eigenvalue weighted by Crippen LogP contribution is -2.60. The molecule has 0 bridgehead atoms. The minimum atomic E-state index is -1.19. The van der Waals surface area contributed by atoms with E-state index >= 15 is 0 Å². The number of aliphatic hydroxyl groups is 2. The molecule has 0 spiro atoms. The van der Waals surface area contributed by atoms with Crippen molar-refractivity contribution in [1.82, 2.24) is 20.2 Å². The molecule has 0 saturated carbocycles. The van der Waals surface area contributed by atoms with Gasteiger partial charge in [-0.15, -0.1) is 0 Å². The third-order valence-electron chi connectivity index (χ3n) is 8.83. The average Bonchev–Trinajstić information content (AvgIpc) is 3.58. The van der Waals surface area contributed by atoms with Crippen LogP contribution in [0.25, 0.3) is 0 Å². The highest BCUT2D eigenvalue weighted by Crippen LogP contribution is 2.31. The summed E-state index contributed by atoms with van der Waals surface area (Å²) in [6.45, 7) is 10.4. The number of imidazole rings is 1. The quantitative estimate of drug-likeness (QED) is 0.143. The third kappa shape index (κ3) is 10.9. The molecule has 2 aromatic carbocycles. The minimum Gasteiger partial charge on any atom is -0.444 e. The van der Waals surface area contributed by atoms with Crippen LogP contribution in [0.5, 0.6) is 0 Å². The van der Waals surface area contributed by atoms with Crippen LogP contribution in [-0.4, -0.2) is 79.4 Å². The number of alkyl carbamates (subject to hydrolysis) is 1. The number of amides is 3. The molecular weight excluding hydrogens is 610 g/mol. The molecule has 1 heterocycles. The van der Waals surface area contributed by atoms with Crippen LogP contribution in [0, 0.1) is 11.8 Å². The fourth-order valence-electron chi connectivity index (χ4n) is 6.08. The maximum atomic E-state index is 15.0. The lowest BCUT2D eigenvalue weighted by Gasteiger charge is -2.43. The normalized spacial score (nSPS) is 16.1. The number of aliphatic hydroxyl groups excluding tert-OH is 2. The van der Waals surface area contributed by atoms with Gasteiger partial charge in [-0.1, -0.05) is 87.9 Å². The Morgan fingerprint density at radius 3 is 2.06 bits per heavy atom. The molecule has 7 atom stereocenters. The summed E-state index contributed by atoms with van der Waals surface area (Å²) in [5, 5.41) is 25.5. The summed E-state index contributed by atoms with van der Waals surface area (Å²) in [4.78, 5) is 49.7. The van der Waals surface area contributed by atoms with Gasteiger partial charge in [-0.2, -0.15) is 0 Å². The van der Waals surface area contributed by atoms with Crippen LogP contribution in [0.2, 0.25) is 0 Å². The fourth-order valence-corrected chi connectivity index (χ4v) is 6.08. The molecule has 0 aliphatic rings. The summed E-state index contributed by atoms with van der Waals surface area (Å²) in [5.41, 5.74) is 7.66. The Morgan fingerprint density at radius 1 is 1.00 bits per heavy atom. The van der Waals surface area contributed by atoms with Gasteiger partial charge in [0.2, 0.25) is 11.8 Å². The highest BCUT2D eigenvalue weighted by Gasteiger charge is 2.43. The Bertz CT molecular complexity index is 1410. The van der Waals surface area contributed by atoms with Gasteiger partial charge < -0.3 is 35.9 Å². The zero-order chi connectivity index (χ0) is 35.4. The summed E-state index contributed by atoms with van der Waals surface area (Å²) in [5.74, 6) is -2.72. The first-order chi connectivity index (χ1) is 22.7. The van der Waals surface area contributed by atoms with Crippen molar-refractivity contribution in [2.24, 2.45) is 17.6 Å². The van der Waals surface area contributed by atoms with E-state index in [9.17, 15) is 24.6 Å². The first kappa shape index (κ1) is 38.2. The van der Waals surface area contributed by atoms with Crippen molar-refractivity contribution in [3.05, 3.63) is 90.0 Å². The van der Waals surface area contributed by atoms with Crippen LogP contribution in [-0.2, 0) is 27.2 Å². The van der Waals surface area contributed by atoms with Gasteiger partial charge in [0.05, 0.1) is 31.1 Å². The van der Waals surface area contributed by atoms with E-state index < -0.39 is 66.2 Å². The highest BCUT2D eigenvalue weighted by atomic mass is 16.6. The number of rotatable bonds is 17. The molecule has 1 aromatic heterocycles. The van der Waals surface area contributed by atoms with Crippen molar-refractivity contribution in [3.63, 3.8) is 0 Å². The molecule has 11 heteroatoms. The van der Waals surface area contributed by atoms with Gasteiger partial charge in [0.1, 0.15) is 11.6 Å². The van der Waals surface area contributed by atoms with Crippen molar-refractivity contribution in [1.29, 1.82) is 0 Å². The summed E-state index contributed by atoms with van der Waals surface area (Å²) in [6, 6.07) is 16.2. The number of aromatic nitrogens is 2. The zero-order valence-corrected chi connectivity index (χ0v) is 29.0. The number of hydrogen-bond acceptors (Lipinski definition) is 7. The second-order valence-corrected chi connectivity index (χ2v) is 13.7. The summed E-state index contributed by atoms with van der Waals surface area (Å²) < 4.78 is 5.52. The molecule has 0 aliphatic carbocycles. The third-order valence-corrected chi connectivity index (χ3v) is 8.83. The monoisotopic (exact) mass is 663 g/mol. The molecule has 48 heavy (non-hydrogen) atoms. The first-order valence-electron chi connectivity index (χ1n) is 16.7. The number of aromatic amines is 1. The van der Waals surface area contributed by atoms with Crippen molar-refractivity contribution in [2.45, 2.75) is 103 Å². The largest absolute Gasteiger partial charge is 0.444 e. The molecule has 0 fully saturated rings. The van der Waals surface area contributed by atoms with E-state index in [0.29, 0.717) is 12.1 Å². The molecule has 6 N–H and O–H groups in total. The molecule has 0 radical (unpaired) electrons. The Morgan fingerprint density at radius 2 is 1.58 bits per heavy atom. The second-order valence-electron chi connectivity index (χ2n) is 13.7. The van der Waals surface area contributed by atoms with Crippen LogP contribution in [0.4, 0.5) is 4.79 Å². The molecule has 3 aromatic rings. The van der Waals surface area contributed by atoms with E-state index in [0.717, 1.165) is 11.1 Å². The number of benzene rings is 2. The second kappa shape index (κ2) is 17.8. The Hall–Kier alpha value is -4.22. The van der Waals surface area contributed by atoms with Crippen LogP contribution < -0.4 is 11.1 Å². The number of primary amides is 1. The lowest BCUT2D eigenvalue weighted by atomic mass is 9.85. The molecule has 3 rings (SSSR count). The smallest absolute Gasteiger partial charge is 0.407 e. The van der Waals surface area contributed by atoms with Crippen molar-refractivity contribution >= 4 is 17.9 Å². The molecular formula is C37H53N5O6. The first-order valence-corrected chi connectivity index (χ1v) is 16.7. The maximum Gasteiger partial charge on any atom is 0.407 e. The zero-order valence-electron chi connectivity index (χ0n) is 29.0. The predicted octanol–water partition coefficient (Wildman–Crippen LogP) is 4.35. The maximum absolute atomic E-state index is 15.0. The van der Waals surface area contributed by atoms with Crippen molar-refractivity contribution < 1.29 is 29.3 Å². The molecule has 11 nitrogen and oxygen atoms in total. The number of carbonyl (C=O) groups is 3. The lowest BCUT2D eigenvalue weighted by molar-refractivity contribution is -0.150. The fraction of sp³-hybridized carbons (Fsp3) is 0.514. The topological polar surface area (TPSA) is 171 Å². The number of H-pyrrole nitrogens is 1. The number of ether oxygens (including phenoxy) is 1. The van der Waals surface area contributed by atoms with Gasteiger partial charge >= 0.3 is 6.09 Å². The number of hydrogen-bond donors (Lipinski definition) is 5. The highest BCUT2D eigenvalue weighted by molar-refractivity contribution is 5.88. The van der Waals surface area contributed by atoms with E-state index in [4.69, 9.17) is 10.5 Å². The van der Waals surface area contributed by atoms with Gasteiger partial charge in [-0.25, -0.2) is 9.78 Å². The van der Waals surface area contributed by atoms with Crippen LogP contribution in [0.15, 0.2) is 73.2 Å². The van der Waals surface area contributed by atoms with E-state index in [2.05, 4.69) is 15.3 Å². The molecule has 0 aliphatic heterocycles. The number of nitrogens with two attached hydrogens (primary N) is 1. The minimum absolute atomic E-state index is 0.0555. The summed E-state index contributed by atoms with van der Waals surface area (Å²) in [6.07, 6.45) is 2.29. The van der Waals surface area contributed by atoms with E-state index in [-0.39, 0.29) is 25.2 Å². The van der Waals surface area contributed by atoms with Crippen LogP contribution >= 0.6 is 0 Å². The van der Waals surface area contributed by atoms with Gasteiger partial charge in [-0.3, -0.25) is 9.59 Å². The number of nitrogens with zero attached hydrogens (tertiary/aromatic N) is 2. The Balaban J connectivity index is 2.08. The van der Waals surface area contributed by atoms with E-state index in [1.165, 1.54) is 11.2 Å². The van der Waals surface area contributed by atoms with Crippen LogP contribution in [0.3, 0.4) is 0 Å². The van der Waals surface area contributed by atoms with Gasteiger partial charge in [0.25, 0.3) is 0 Å². The van der Waals surface area contributed by atoms with Crippen molar-refractivity contribution in [3.8, 4) is 0 Å². The number of carbonyl (C=O) groups excluding carboxylic acids is 3. The molecule has 0 saturated heterocycles. The number of nitrogens with one attached hydrogen (secondary N) is 2. The Labute approximate surface area is 284 Å². The molecule has 262 valence electrons. The van der Waals surface area contributed by atoms with Crippen molar-refractivity contribution in [2.75, 3.05) is 6.61 Å². The SMILES string of the molecule is CC[C@H](C)[C@@H](C(N)=O)N(C(=O)C(Cc1ccccc1)CC(O)C(Cc1ccccc1)NC(=O)OC(C)(C)C)C(CO)C(C)c1cnc[nH]1. The predicted molar refractivity (Wildman–Crippen MR) is 185 cm³/mol. The van der Waals surface area contributed by atoms with E-state index in [1.807, 2.05) is 81.4 Å². The average molecular weight is 664 g/mol. The van der Waals surface area contributed by atoms with Gasteiger partial charge in [0.15, 0.2) is 0 Å². The summed E-state index contributed by atoms with van der Waals surface area (Å²) >= 11 is 0. The van der Waals surface area contributed by atoms with Gasteiger partial charge in [0, 0.05) is 23.7 Å². The van der Waals surface area contributed by atoms with E-state index in [1.54, 1.807) is 27.0 Å². The molecule has 3 amide bonds. The molecule has 5 unspecified atom stereocenters. The van der Waals surface area contributed by atoms with Crippen LogP contribution in [0.1, 0.15) is 77.1 Å². The standard InChI is InChI=1S/C37H53N5O6/c1-7-24(2)33(34(38)45)42(31(22-43)25(3)30-21-39-23-40-30)35(46)28(18-26-14-10-8-11-15-26)20-32(44)29(19-27-16-12-9-13-17-27)41-36(47)48-37(4,5)6/h8-17,21,23-25,28-29,31-33,43-44H,7,18-20,22H2,1-6H3,(H2,38,45)(H,39,40)(H,41,47)/t24-,25?,28?,29?,31?,32?,33-/m0/s1. The summed E-state index contributed by atoms with van der Waals surface area (Å²) in [7, 11) is 0.